The van der Waals surface area contributed by atoms with E-state index < -0.39 is 0 Å². The van der Waals surface area contributed by atoms with Crippen molar-refractivity contribution in [1.29, 1.82) is 0 Å². The smallest absolute Gasteiger partial charge is 0.275 e. The third-order valence-corrected chi connectivity index (χ3v) is 5.17. The SMILES string of the molecule is Cc1ccc(C2=NN(C(=O)c3ccccc3Br)[C@@H](c3ccco3)C2)cc1. The van der Waals surface area contributed by atoms with Gasteiger partial charge in [-0.2, -0.15) is 5.10 Å². The second kappa shape index (κ2) is 6.92. The molecule has 0 bridgehead atoms. The highest BCUT2D eigenvalue weighted by Crippen LogP contribution is 2.35. The molecule has 0 saturated heterocycles. The number of carbonyl (C=O) groups excluding carboxylic acids is 1. The van der Waals surface area contributed by atoms with Gasteiger partial charge in [0.05, 0.1) is 17.5 Å². The summed E-state index contributed by atoms with van der Waals surface area (Å²) in [5.74, 6) is 0.581. The minimum atomic E-state index is -0.249. The van der Waals surface area contributed by atoms with Crippen LogP contribution in [0.3, 0.4) is 0 Å². The van der Waals surface area contributed by atoms with Crippen molar-refractivity contribution in [3.8, 4) is 0 Å². The van der Waals surface area contributed by atoms with E-state index in [4.69, 9.17) is 4.42 Å². The highest BCUT2D eigenvalue weighted by atomic mass is 79.9. The molecule has 0 N–H and O–H groups in total. The molecule has 3 aromatic rings. The van der Waals surface area contributed by atoms with Gasteiger partial charge < -0.3 is 4.42 Å². The number of hydrogen-bond acceptors (Lipinski definition) is 3. The Hall–Kier alpha value is -2.66. The van der Waals surface area contributed by atoms with Crippen molar-refractivity contribution >= 4 is 27.5 Å². The van der Waals surface area contributed by atoms with Crippen LogP contribution in [-0.4, -0.2) is 16.6 Å². The van der Waals surface area contributed by atoms with Crippen LogP contribution < -0.4 is 0 Å². The van der Waals surface area contributed by atoms with E-state index in [0.717, 1.165) is 21.5 Å². The molecule has 0 unspecified atom stereocenters. The Morgan fingerprint density at radius 3 is 2.58 bits per heavy atom. The fourth-order valence-electron chi connectivity index (χ4n) is 3.08. The molecule has 1 aliphatic heterocycles. The van der Waals surface area contributed by atoms with Crippen molar-refractivity contribution in [3.63, 3.8) is 0 Å². The molecule has 1 aliphatic rings. The summed E-state index contributed by atoms with van der Waals surface area (Å²) < 4.78 is 6.34. The molecule has 4 rings (SSSR count). The second-order valence-corrected chi connectivity index (χ2v) is 7.13. The maximum absolute atomic E-state index is 13.2. The number of carbonyl (C=O) groups is 1. The number of amides is 1. The first-order valence-electron chi connectivity index (χ1n) is 8.39. The number of hydrazone groups is 1. The molecule has 1 aromatic heterocycles. The average Bonchev–Trinajstić information content (AvgIpc) is 3.32. The lowest BCUT2D eigenvalue weighted by Crippen LogP contribution is -2.27. The highest BCUT2D eigenvalue weighted by Gasteiger charge is 2.35. The zero-order valence-corrected chi connectivity index (χ0v) is 15.8. The number of benzene rings is 2. The van der Waals surface area contributed by atoms with Crippen molar-refractivity contribution in [1.82, 2.24) is 5.01 Å². The second-order valence-electron chi connectivity index (χ2n) is 6.28. The molecule has 130 valence electrons. The van der Waals surface area contributed by atoms with Gasteiger partial charge >= 0.3 is 0 Å². The Balaban J connectivity index is 1.73. The minimum absolute atomic E-state index is 0.152. The lowest BCUT2D eigenvalue weighted by molar-refractivity contribution is 0.0692. The summed E-state index contributed by atoms with van der Waals surface area (Å²) >= 11 is 3.46. The van der Waals surface area contributed by atoms with Gasteiger partial charge in [-0.1, -0.05) is 42.0 Å². The monoisotopic (exact) mass is 408 g/mol. The Morgan fingerprint density at radius 2 is 1.88 bits per heavy atom. The van der Waals surface area contributed by atoms with E-state index in [0.29, 0.717) is 12.0 Å². The molecule has 1 atom stereocenters. The van der Waals surface area contributed by atoms with Crippen molar-refractivity contribution in [3.05, 3.63) is 93.9 Å². The van der Waals surface area contributed by atoms with Gasteiger partial charge in [0.15, 0.2) is 0 Å². The minimum Gasteiger partial charge on any atom is -0.467 e. The maximum Gasteiger partial charge on any atom is 0.275 e. The molecular weight excluding hydrogens is 392 g/mol. The van der Waals surface area contributed by atoms with Crippen molar-refractivity contribution < 1.29 is 9.21 Å². The van der Waals surface area contributed by atoms with Crippen LogP contribution in [0.15, 0.2) is 80.9 Å². The van der Waals surface area contributed by atoms with Crippen molar-refractivity contribution in [2.45, 2.75) is 19.4 Å². The molecule has 1 amide bonds. The summed E-state index contributed by atoms with van der Waals surface area (Å²) in [5, 5.41) is 6.20. The normalized spacial score (nSPS) is 16.6. The fourth-order valence-corrected chi connectivity index (χ4v) is 3.53. The number of nitrogens with zero attached hydrogens (tertiary/aromatic N) is 2. The van der Waals surface area contributed by atoms with Crippen LogP contribution >= 0.6 is 15.9 Å². The Bertz CT molecular complexity index is 962. The van der Waals surface area contributed by atoms with Crippen LogP contribution in [0.4, 0.5) is 0 Å². The van der Waals surface area contributed by atoms with Gasteiger partial charge in [-0.15, -0.1) is 0 Å². The van der Waals surface area contributed by atoms with E-state index in [1.54, 1.807) is 12.3 Å². The van der Waals surface area contributed by atoms with E-state index in [2.05, 4.69) is 40.1 Å². The standard InChI is InChI=1S/C21H17BrN2O2/c1-14-8-10-15(11-9-14)18-13-19(20-7-4-12-26-20)24(23-18)21(25)16-5-2-3-6-17(16)22/h2-12,19H,13H2,1H3/t19-/m1/s1. The number of halogens is 1. The summed E-state index contributed by atoms with van der Waals surface area (Å²) in [4.78, 5) is 13.2. The van der Waals surface area contributed by atoms with Crippen LogP contribution in [-0.2, 0) is 0 Å². The molecule has 0 saturated carbocycles. The number of hydrogen-bond donors (Lipinski definition) is 0. The molecule has 0 spiro atoms. The van der Waals surface area contributed by atoms with Crippen LogP contribution in [0.5, 0.6) is 0 Å². The van der Waals surface area contributed by atoms with E-state index in [1.165, 1.54) is 10.6 Å². The van der Waals surface area contributed by atoms with Crippen molar-refractivity contribution in [2.75, 3.05) is 0 Å². The molecule has 2 aromatic carbocycles. The third-order valence-electron chi connectivity index (χ3n) is 4.48. The molecule has 5 heteroatoms. The van der Waals surface area contributed by atoms with Crippen LogP contribution in [0.1, 0.15) is 39.7 Å². The van der Waals surface area contributed by atoms with Gasteiger partial charge in [0.25, 0.3) is 5.91 Å². The van der Waals surface area contributed by atoms with Gasteiger partial charge in [0.2, 0.25) is 0 Å². The molecule has 4 nitrogen and oxygen atoms in total. The summed E-state index contributed by atoms with van der Waals surface area (Å²) in [7, 11) is 0. The van der Waals surface area contributed by atoms with Gasteiger partial charge in [-0.3, -0.25) is 4.79 Å². The largest absolute Gasteiger partial charge is 0.467 e. The Morgan fingerprint density at radius 1 is 1.12 bits per heavy atom. The number of aryl methyl sites for hydroxylation is 1. The first-order valence-corrected chi connectivity index (χ1v) is 9.19. The third kappa shape index (κ3) is 3.10. The quantitative estimate of drug-likeness (QED) is 0.586. The molecule has 2 heterocycles. The number of rotatable bonds is 3. The van der Waals surface area contributed by atoms with Crippen molar-refractivity contribution in [2.24, 2.45) is 5.10 Å². The number of furan rings is 1. The summed E-state index contributed by atoms with van der Waals surface area (Å²) in [5.41, 5.74) is 3.68. The maximum atomic E-state index is 13.2. The molecule has 26 heavy (non-hydrogen) atoms. The zero-order valence-electron chi connectivity index (χ0n) is 14.2. The molecular formula is C21H17BrN2O2. The lowest BCUT2D eigenvalue weighted by atomic mass is 10.0. The van der Waals surface area contributed by atoms with Gasteiger partial charge in [0.1, 0.15) is 11.8 Å². The first kappa shape index (κ1) is 16.8. The Kier molecular flexibility index (Phi) is 4.47. The van der Waals surface area contributed by atoms with E-state index in [-0.39, 0.29) is 11.9 Å². The Labute approximate surface area is 160 Å². The molecule has 0 fully saturated rings. The van der Waals surface area contributed by atoms with E-state index in [1.807, 2.05) is 42.5 Å². The molecule has 0 radical (unpaired) electrons. The predicted octanol–water partition coefficient (Wildman–Crippen LogP) is 5.34. The summed E-state index contributed by atoms with van der Waals surface area (Å²) in [6, 6.07) is 19.0. The van der Waals surface area contributed by atoms with Gasteiger partial charge in [0, 0.05) is 10.9 Å². The van der Waals surface area contributed by atoms with E-state index >= 15 is 0 Å². The fraction of sp³-hybridized carbons (Fsp3) is 0.143. The van der Waals surface area contributed by atoms with Gasteiger partial charge in [-0.05, 0) is 52.7 Å². The van der Waals surface area contributed by atoms with Crippen LogP contribution in [0.25, 0.3) is 0 Å². The highest BCUT2D eigenvalue weighted by molar-refractivity contribution is 9.10. The predicted molar refractivity (Wildman–Crippen MR) is 104 cm³/mol. The van der Waals surface area contributed by atoms with Crippen LogP contribution in [0.2, 0.25) is 0 Å². The summed E-state index contributed by atoms with van der Waals surface area (Å²) in [6.45, 7) is 2.05. The van der Waals surface area contributed by atoms with Crippen LogP contribution in [0, 0.1) is 6.92 Å². The van der Waals surface area contributed by atoms with Gasteiger partial charge in [-0.25, -0.2) is 5.01 Å². The zero-order chi connectivity index (χ0) is 18.1. The van der Waals surface area contributed by atoms with E-state index in [9.17, 15) is 4.79 Å². The average molecular weight is 409 g/mol. The first-order chi connectivity index (χ1) is 12.6. The topological polar surface area (TPSA) is 45.8 Å². The molecule has 0 aliphatic carbocycles. The summed E-state index contributed by atoms with van der Waals surface area (Å²) in [6.07, 6.45) is 2.24. The lowest BCUT2D eigenvalue weighted by Gasteiger charge is -2.20.